The lowest BCUT2D eigenvalue weighted by Crippen LogP contribution is -2.10. The van der Waals surface area contributed by atoms with Crippen LogP contribution in [0.2, 0.25) is 0 Å². The molecule has 1 aliphatic rings. The van der Waals surface area contributed by atoms with Crippen LogP contribution >= 0.6 is 0 Å². The van der Waals surface area contributed by atoms with Crippen LogP contribution in [-0.4, -0.2) is 31.0 Å². The molecule has 26 heavy (non-hydrogen) atoms. The van der Waals surface area contributed by atoms with Crippen molar-refractivity contribution in [2.45, 2.75) is 20.0 Å². The fraction of sp³-hybridized carbons (Fsp3) is 0.300. The van der Waals surface area contributed by atoms with Crippen LogP contribution in [0.1, 0.15) is 31.1 Å². The minimum absolute atomic E-state index is 0.126. The molecule has 1 aromatic carbocycles. The maximum absolute atomic E-state index is 13.1. The number of nitrogens with zero attached hydrogens (tertiary/aromatic N) is 1. The van der Waals surface area contributed by atoms with E-state index in [-0.39, 0.29) is 5.78 Å². The average Bonchev–Trinajstić information content (AvgIpc) is 2.99. The van der Waals surface area contributed by atoms with Crippen molar-refractivity contribution in [3.63, 3.8) is 0 Å². The maximum Gasteiger partial charge on any atom is 0.214 e. The molecule has 3 rings (SSSR count). The summed E-state index contributed by atoms with van der Waals surface area (Å²) in [7, 11) is 1.73. The quantitative estimate of drug-likeness (QED) is 0.824. The second-order valence-corrected chi connectivity index (χ2v) is 5.66. The van der Waals surface area contributed by atoms with Crippen molar-refractivity contribution >= 4 is 11.4 Å². The summed E-state index contributed by atoms with van der Waals surface area (Å²) in [6, 6.07) is 9.08. The molecule has 1 N–H and O–H groups in total. The van der Waals surface area contributed by atoms with Gasteiger partial charge in [0, 0.05) is 31.1 Å². The number of carbonyl (C=O) groups excluding carboxylic acids is 1. The Bertz CT molecular complexity index is 794. The molecule has 6 nitrogen and oxygen atoms in total. The highest BCUT2D eigenvalue weighted by molar-refractivity contribution is 6.25. The number of nitrogens with one attached hydrogen (secondary N) is 1. The molecular weight excluding hydrogens is 332 g/mol. The van der Waals surface area contributed by atoms with E-state index >= 15 is 0 Å². The first-order valence-electron chi connectivity index (χ1n) is 8.61. The highest BCUT2D eigenvalue weighted by Gasteiger charge is 2.37. The van der Waals surface area contributed by atoms with Crippen LogP contribution in [0.15, 0.2) is 48.6 Å². The Kier molecular flexibility index (Phi) is 5.41. The van der Waals surface area contributed by atoms with Crippen LogP contribution in [-0.2, 0) is 9.53 Å². The molecular formula is C20H22N2O4. The van der Waals surface area contributed by atoms with Gasteiger partial charge in [0.1, 0.15) is 11.5 Å². The summed E-state index contributed by atoms with van der Waals surface area (Å²) >= 11 is 0. The molecule has 0 bridgehead atoms. The van der Waals surface area contributed by atoms with Gasteiger partial charge in [-0.1, -0.05) is 6.07 Å². The Morgan fingerprint density at radius 1 is 1.15 bits per heavy atom. The molecule has 6 heteroatoms. The fourth-order valence-electron chi connectivity index (χ4n) is 2.90. The molecule has 0 saturated heterocycles. The summed E-state index contributed by atoms with van der Waals surface area (Å²) in [6.07, 6.45) is 2.59. The molecule has 0 saturated carbocycles. The number of ether oxygens (including phenoxy) is 3. The largest absolute Gasteiger partial charge is 0.494 e. The van der Waals surface area contributed by atoms with Crippen LogP contribution in [0.5, 0.6) is 11.5 Å². The summed E-state index contributed by atoms with van der Waals surface area (Å²) in [6.45, 7) is 4.87. The minimum atomic E-state index is -0.715. The van der Waals surface area contributed by atoms with Crippen LogP contribution < -0.4 is 14.8 Å². The van der Waals surface area contributed by atoms with E-state index in [0.29, 0.717) is 47.3 Å². The molecule has 0 spiro atoms. The van der Waals surface area contributed by atoms with Gasteiger partial charge < -0.3 is 19.5 Å². The van der Waals surface area contributed by atoms with Crippen molar-refractivity contribution in [2.75, 3.05) is 20.3 Å². The van der Waals surface area contributed by atoms with E-state index in [1.807, 2.05) is 38.1 Å². The van der Waals surface area contributed by atoms with Gasteiger partial charge in [0.05, 0.1) is 18.8 Å². The molecule has 1 aliphatic heterocycles. The molecule has 136 valence electrons. The number of ketones is 1. The Hall–Kier alpha value is -3.02. The predicted octanol–water partition coefficient (Wildman–Crippen LogP) is 3.11. The van der Waals surface area contributed by atoms with Crippen molar-refractivity contribution in [2.24, 2.45) is 0 Å². The number of hydrogen-bond donors (Lipinski definition) is 1. The van der Waals surface area contributed by atoms with Crippen molar-refractivity contribution in [3.8, 4) is 11.5 Å². The third-order valence-electron chi connectivity index (χ3n) is 3.95. The molecule has 2 aromatic rings. The number of rotatable bonds is 7. The highest BCUT2D eigenvalue weighted by atomic mass is 16.5. The SMILES string of the molecule is CCOc1cc(OCC)cc(C2=C(NC)OC(c3cccnc3)C2=O)c1. The van der Waals surface area contributed by atoms with Crippen molar-refractivity contribution in [1.82, 2.24) is 10.3 Å². The zero-order valence-electron chi connectivity index (χ0n) is 15.1. The fourth-order valence-corrected chi connectivity index (χ4v) is 2.90. The molecule has 0 amide bonds. The van der Waals surface area contributed by atoms with E-state index in [0.717, 1.165) is 0 Å². The van der Waals surface area contributed by atoms with Gasteiger partial charge >= 0.3 is 0 Å². The third-order valence-corrected chi connectivity index (χ3v) is 3.95. The van der Waals surface area contributed by atoms with Gasteiger partial charge in [0.25, 0.3) is 0 Å². The van der Waals surface area contributed by atoms with E-state index in [4.69, 9.17) is 14.2 Å². The number of carbonyl (C=O) groups is 1. The van der Waals surface area contributed by atoms with Gasteiger partial charge in [-0.15, -0.1) is 0 Å². The van der Waals surface area contributed by atoms with Crippen molar-refractivity contribution in [3.05, 3.63) is 59.7 Å². The standard InChI is InChI=1S/C20H22N2O4/c1-4-24-15-9-14(10-16(11-15)25-5-2)17-18(23)19(26-20(17)21-3)13-7-6-8-22-12-13/h6-12,19,21H,4-5H2,1-3H3. The van der Waals surface area contributed by atoms with Gasteiger partial charge in [-0.05, 0) is 37.6 Å². The molecule has 0 aliphatic carbocycles. The zero-order valence-corrected chi connectivity index (χ0v) is 15.1. The van der Waals surface area contributed by atoms with Gasteiger partial charge in [-0.25, -0.2) is 0 Å². The molecule has 1 unspecified atom stereocenters. The summed E-state index contributed by atoms with van der Waals surface area (Å²) in [5, 5.41) is 2.98. The number of hydrogen-bond acceptors (Lipinski definition) is 6. The van der Waals surface area contributed by atoms with Crippen LogP contribution in [0.25, 0.3) is 5.57 Å². The average molecular weight is 354 g/mol. The van der Waals surface area contributed by atoms with E-state index in [2.05, 4.69) is 10.3 Å². The summed E-state index contributed by atoms with van der Waals surface area (Å²) in [5.41, 5.74) is 1.88. The van der Waals surface area contributed by atoms with E-state index in [1.54, 1.807) is 25.5 Å². The number of pyridine rings is 1. The number of Topliss-reactive ketones (excluding diaryl/α,β-unsaturated/α-hetero) is 1. The third kappa shape index (κ3) is 3.49. The molecule has 0 fully saturated rings. The van der Waals surface area contributed by atoms with Gasteiger partial charge in [0.2, 0.25) is 5.78 Å². The van der Waals surface area contributed by atoms with Crippen molar-refractivity contribution < 1.29 is 19.0 Å². The minimum Gasteiger partial charge on any atom is -0.494 e. The highest BCUT2D eigenvalue weighted by Crippen LogP contribution is 2.39. The molecule has 2 heterocycles. The van der Waals surface area contributed by atoms with Crippen LogP contribution in [0, 0.1) is 0 Å². The summed E-state index contributed by atoms with van der Waals surface area (Å²) < 4.78 is 17.1. The smallest absolute Gasteiger partial charge is 0.214 e. The molecule has 1 aromatic heterocycles. The Balaban J connectivity index is 2.02. The second-order valence-electron chi connectivity index (χ2n) is 5.66. The molecule has 0 radical (unpaired) electrons. The van der Waals surface area contributed by atoms with E-state index < -0.39 is 6.10 Å². The van der Waals surface area contributed by atoms with Gasteiger partial charge in [-0.3, -0.25) is 9.78 Å². The lowest BCUT2D eigenvalue weighted by Gasteiger charge is -2.11. The first kappa shape index (κ1) is 17.8. The van der Waals surface area contributed by atoms with E-state index in [9.17, 15) is 4.79 Å². The molecule has 1 atom stereocenters. The normalized spacial score (nSPS) is 16.4. The zero-order chi connectivity index (χ0) is 18.5. The number of aromatic nitrogens is 1. The summed E-state index contributed by atoms with van der Waals surface area (Å²) in [4.78, 5) is 17.2. The topological polar surface area (TPSA) is 69.7 Å². The Labute approximate surface area is 152 Å². The van der Waals surface area contributed by atoms with Gasteiger partial charge in [0.15, 0.2) is 12.0 Å². The lowest BCUT2D eigenvalue weighted by atomic mass is 9.97. The van der Waals surface area contributed by atoms with Gasteiger partial charge in [-0.2, -0.15) is 0 Å². The maximum atomic E-state index is 13.1. The predicted molar refractivity (Wildman–Crippen MR) is 97.8 cm³/mol. The van der Waals surface area contributed by atoms with Crippen LogP contribution in [0.3, 0.4) is 0 Å². The monoisotopic (exact) mass is 354 g/mol. The van der Waals surface area contributed by atoms with Crippen LogP contribution in [0.4, 0.5) is 0 Å². The lowest BCUT2D eigenvalue weighted by molar-refractivity contribution is -0.120. The first-order valence-corrected chi connectivity index (χ1v) is 8.61. The van der Waals surface area contributed by atoms with E-state index in [1.165, 1.54) is 0 Å². The summed E-state index contributed by atoms with van der Waals surface area (Å²) in [5.74, 6) is 1.60. The van der Waals surface area contributed by atoms with Crippen molar-refractivity contribution in [1.29, 1.82) is 0 Å². The second kappa shape index (κ2) is 7.91. The number of benzene rings is 1. The Morgan fingerprint density at radius 2 is 1.85 bits per heavy atom. The first-order chi connectivity index (χ1) is 12.7. The Morgan fingerprint density at radius 3 is 2.38 bits per heavy atom.